The predicted octanol–water partition coefficient (Wildman–Crippen LogP) is 1.66. The molecule has 2 aliphatic rings. The van der Waals surface area contributed by atoms with Crippen molar-refractivity contribution in [2.24, 2.45) is 15.8 Å². The fraction of sp³-hybridized carbons (Fsp3) is 0.889. The van der Waals surface area contributed by atoms with Crippen LogP contribution in [0.1, 0.15) is 53.4 Å². The average Bonchev–Trinajstić information content (AvgIpc) is 2.45. The van der Waals surface area contributed by atoms with E-state index in [2.05, 4.69) is 27.9 Å². The Labute approximate surface area is 146 Å². The molecule has 2 saturated carbocycles. The monoisotopic (exact) mass is 338 g/mol. The molecular formula is C18H34N4O2. The summed E-state index contributed by atoms with van der Waals surface area (Å²) >= 11 is 0. The number of hydrogen-bond acceptors (Lipinski definition) is 3. The number of amides is 1. The van der Waals surface area contributed by atoms with Gasteiger partial charge in [0.05, 0.1) is 6.10 Å². The summed E-state index contributed by atoms with van der Waals surface area (Å²) in [6, 6.07) is 0.443. The van der Waals surface area contributed by atoms with E-state index in [-0.39, 0.29) is 11.3 Å². The quantitative estimate of drug-likeness (QED) is 0.391. The van der Waals surface area contributed by atoms with Crippen molar-refractivity contribution in [2.75, 3.05) is 26.7 Å². The first-order valence-electron chi connectivity index (χ1n) is 9.20. The molecule has 6 heteroatoms. The van der Waals surface area contributed by atoms with Crippen LogP contribution in [0.25, 0.3) is 0 Å². The minimum absolute atomic E-state index is 0.0687. The second-order valence-corrected chi connectivity index (χ2v) is 7.97. The van der Waals surface area contributed by atoms with E-state index in [0.29, 0.717) is 30.7 Å². The Balaban J connectivity index is 1.73. The third kappa shape index (κ3) is 4.02. The van der Waals surface area contributed by atoms with Gasteiger partial charge in [0.15, 0.2) is 5.96 Å². The van der Waals surface area contributed by atoms with Crippen LogP contribution in [0, 0.1) is 10.8 Å². The van der Waals surface area contributed by atoms with Gasteiger partial charge in [0.2, 0.25) is 5.91 Å². The fourth-order valence-electron chi connectivity index (χ4n) is 3.62. The van der Waals surface area contributed by atoms with Crippen LogP contribution in [0.15, 0.2) is 4.99 Å². The molecule has 2 aliphatic carbocycles. The maximum atomic E-state index is 11.8. The SMILES string of the molecule is CCOC1CC(NC(=NC)NCCNC(=O)C(C)(C)C)C12CCC2. The third-order valence-electron chi connectivity index (χ3n) is 5.36. The Morgan fingerprint density at radius 3 is 2.42 bits per heavy atom. The lowest BCUT2D eigenvalue weighted by Crippen LogP contribution is -2.68. The van der Waals surface area contributed by atoms with Gasteiger partial charge in [0.1, 0.15) is 0 Å². The zero-order chi connectivity index (χ0) is 17.8. The molecule has 2 unspecified atom stereocenters. The molecule has 0 aromatic carbocycles. The highest BCUT2D eigenvalue weighted by Crippen LogP contribution is 2.57. The van der Waals surface area contributed by atoms with Crippen molar-refractivity contribution in [2.45, 2.75) is 65.5 Å². The summed E-state index contributed by atoms with van der Waals surface area (Å²) in [5.74, 6) is 0.880. The molecule has 24 heavy (non-hydrogen) atoms. The van der Waals surface area contributed by atoms with Gasteiger partial charge < -0.3 is 20.7 Å². The van der Waals surface area contributed by atoms with Gasteiger partial charge in [-0.3, -0.25) is 9.79 Å². The second-order valence-electron chi connectivity index (χ2n) is 7.97. The second kappa shape index (κ2) is 7.72. The van der Waals surface area contributed by atoms with Gasteiger partial charge in [-0.1, -0.05) is 27.2 Å². The summed E-state index contributed by atoms with van der Waals surface area (Å²) in [6.45, 7) is 9.86. The minimum Gasteiger partial charge on any atom is -0.378 e. The lowest BCUT2D eigenvalue weighted by Gasteiger charge is -2.61. The van der Waals surface area contributed by atoms with Crippen molar-refractivity contribution in [1.82, 2.24) is 16.0 Å². The number of carbonyl (C=O) groups is 1. The summed E-state index contributed by atoms with van der Waals surface area (Å²) in [6.07, 6.45) is 5.24. The number of guanidine groups is 1. The van der Waals surface area contributed by atoms with Gasteiger partial charge >= 0.3 is 0 Å². The maximum absolute atomic E-state index is 11.8. The van der Waals surface area contributed by atoms with Crippen LogP contribution in [0.5, 0.6) is 0 Å². The Kier molecular flexibility index (Phi) is 6.12. The third-order valence-corrected chi connectivity index (χ3v) is 5.36. The molecule has 2 atom stereocenters. The molecule has 6 nitrogen and oxygen atoms in total. The van der Waals surface area contributed by atoms with Crippen LogP contribution in [0.3, 0.4) is 0 Å². The molecule has 0 aromatic rings. The molecule has 0 aliphatic heterocycles. The lowest BCUT2D eigenvalue weighted by atomic mass is 9.51. The van der Waals surface area contributed by atoms with Crippen LogP contribution in [-0.4, -0.2) is 50.8 Å². The molecule has 1 spiro atoms. The van der Waals surface area contributed by atoms with E-state index in [1.807, 2.05) is 20.8 Å². The van der Waals surface area contributed by atoms with Crippen LogP contribution in [0.4, 0.5) is 0 Å². The highest BCUT2D eigenvalue weighted by Gasteiger charge is 2.59. The van der Waals surface area contributed by atoms with E-state index < -0.39 is 0 Å². The summed E-state index contributed by atoms with van der Waals surface area (Å²) in [4.78, 5) is 16.2. The fourth-order valence-corrected chi connectivity index (χ4v) is 3.62. The van der Waals surface area contributed by atoms with Gasteiger partial charge in [0, 0.05) is 43.6 Å². The first-order valence-corrected chi connectivity index (χ1v) is 9.20. The summed E-state index contributed by atoms with van der Waals surface area (Å²) in [5, 5.41) is 9.78. The van der Waals surface area contributed by atoms with Crippen LogP contribution in [-0.2, 0) is 9.53 Å². The molecule has 0 saturated heterocycles. The van der Waals surface area contributed by atoms with E-state index in [9.17, 15) is 4.79 Å². The number of carbonyl (C=O) groups excluding carboxylic acids is 1. The van der Waals surface area contributed by atoms with E-state index in [4.69, 9.17) is 4.74 Å². The van der Waals surface area contributed by atoms with Crippen molar-refractivity contribution in [1.29, 1.82) is 0 Å². The van der Waals surface area contributed by atoms with Crippen molar-refractivity contribution in [3.63, 3.8) is 0 Å². The van der Waals surface area contributed by atoms with E-state index in [1.54, 1.807) is 7.05 Å². The molecule has 138 valence electrons. The Morgan fingerprint density at radius 2 is 1.92 bits per heavy atom. The highest BCUT2D eigenvalue weighted by atomic mass is 16.5. The molecule has 1 amide bonds. The van der Waals surface area contributed by atoms with Gasteiger partial charge in [-0.05, 0) is 26.2 Å². The topological polar surface area (TPSA) is 74.8 Å². The van der Waals surface area contributed by atoms with Gasteiger partial charge in [0.25, 0.3) is 0 Å². The van der Waals surface area contributed by atoms with Crippen molar-refractivity contribution < 1.29 is 9.53 Å². The largest absolute Gasteiger partial charge is 0.378 e. The summed E-state index contributed by atoms with van der Waals surface area (Å²) in [7, 11) is 1.79. The zero-order valence-corrected chi connectivity index (χ0v) is 15.9. The number of ether oxygens (including phenoxy) is 1. The molecular weight excluding hydrogens is 304 g/mol. The molecule has 3 N–H and O–H groups in total. The zero-order valence-electron chi connectivity index (χ0n) is 15.9. The Morgan fingerprint density at radius 1 is 1.25 bits per heavy atom. The van der Waals surface area contributed by atoms with Crippen molar-refractivity contribution in [3.05, 3.63) is 0 Å². The standard InChI is InChI=1S/C18H34N4O2/c1-6-24-14-12-13(18(14)8-7-9-18)22-16(19-5)21-11-10-20-15(23)17(2,3)4/h13-14H,6-12H2,1-5H3,(H,20,23)(H2,19,21,22). The average molecular weight is 338 g/mol. The smallest absolute Gasteiger partial charge is 0.225 e. The number of nitrogens with zero attached hydrogens (tertiary/aromatic N) is 1. The van der Waals surface area contributed by atoms with E-state index in [1.165, 1.54) is 19.3 Å². The van der Waals surface area contributed by atoms with Gasteiger partial charge in [-0.2, -0.15) is 0 Å². The first-order chi connectivity index (χ1) is 11.3. The molecule has 0 radical (unpaired) electrons. The van der Waals surface area contributed by atoms with Crippen LogP contribution >= 0.6 is 0 Å². The van der Waals surface area contributed by atoms with Crippen molar-refractivity contribution in [3.8, 4) is 0 Å². The van der Waals surface area contributed by atoms with E-state index in [0.717, 1.165) is 19.0 Å². The lowest BCUT2D eigenvalue weighted by molar-refractivity contribution is -0.168. The van der Waals surface area contributed by atoms with Crippen LogP contribution < -0.4 is 16.0 Å². The number of hydrogen-bond donors (Lipinski definition) is 3. The Hall–Kier alpha value is -1.30. The molecule has 2 fully saturated rings. The predicted molar refractivity (Wildman–Crippen MR) is 97.1 cm³/mol. The first kappa shape index (κ1) is 19.0. The molecule has 0 bridgehead atoms. The molecule has 0 aromatic heterocycles. The highest BCUT2D eigenvalue weighted by molar-refractivity contribution is 5.82. The number of rotatable bonds is 6. The summed E-state index contributed by atoms with van der Waals surface area (Å²) in [5.41, 5.74) is -0.0369. The summed E-state index contributed by atoms with van der Waals surface area (Å²) < 4.78 is 5.89. The maximum Gasteiger partial charge on any atom is 0.225 e. The molecule has 0 heterocycles. The minimum atomic E-state index is -0.350. The van der Waals surface area contributed by atoms with Crippen LogP contribution in [0.2, 0.25) is 0 Å². The Bertz CT molecular complexity index is 466. The van der Waals surface area contributed by atoms with E-state index >= 15 is 0 Å². The van der Waals surface area contributed by atoms with Gasteiger partial charge in [-0.15, -0.1) is 0 Å². The molecule has 2 rings (SSSR count). The normalized spacial score (nSPS) is 25.6. The van der Waals surface area contributed by atoms with Gasteiger partial charge in [-0.25, -0.2) is 0 Å². The number of nitrogens with one attached hydrogen (secondary N) is 3. The van der Waals surface area contributed by atoms with Crippen molar-refractivity contribution >= 4 is 11.9 Å². The number of aliphatic imine (C=N–C) groups is 1.